The molecule has 0 aliphatic heterocycles. The van der Waals surface area contributed by atoms with E-state index in [2.05, 4.69) is 8.62 Å². The molecule has 0 heterocycles. The van der Waals surface area contributed by atoms with Crippen LogP contribution in [0.25, 0.3) is 0 Å². The summed E-state index contributed by atoms with van der Waals surface area (Å²) in [7, 11) is -16.1. The molecule has 0 aromatic carbocycles. The van der Waals surface area contributed by atoms with Crippen molar-refractivity contribution in [2.24, 2.45) is 0 Å². The minimum Gasteiger partial charge on any atom is -0.392 e. The number of aliphatic hydroxyl groups excluding tert-OH is 2. The standard InChI is InChI=1S/C2H10NO11P3/c4-1-2(5)3-15(6,7)13-17(11,12)14-16(8,9)10/h2,4-5H,1H2,(H,11,12)(H2,3,6,7)(H2,8,9,10). The number of hydrogen-bond donors (Lipinski definition) is 7. The van der Waals surface area contributed by atoms with Crippen molar-refractivity contribution < 1.29 is 52.1 Å². The average molecular weight is 317 g/mol. The molecule has 3 atom stereocenters. The summed E-state index contributed by atoms with van der Waals surface area (Å²) >= 11 is 0. The van der Waals surface area contributed by atoms with Crippen LogP contribution in [0, 0.1) is 0 Å². The number of phosphoric acid groups is 2. The third-order valence-electron chi connectivity index (χ3n) is 0.909. The Labute approximate surface area is 94.3 Å². The minimum absolute atomic E-state index is 1.02. The molecule has 15 heteroatoms. The van der Waals surface area contributed by atoms with Gasteiger partial charge in [-0.15, -0.1) is 0 Å². The molecule has 0 saturated heterocycles. The van der Waals surface area contributed by atoms with Crippen LogP contribution in [-0.2, 0) is 22.3 Å². The third-order valence-corrected chi connectivity index (χ3v) is 4.92. The number of hydrogen-bond acceptors (Lipinski definition) is 7. The maximum absolute atomic E-state index is 11.0. The summed E-state index contributed by atoms with van der Waals surface area (Å²) in [5.41, 5.74) is 0. The molecule has 0 bridgehead atoms. The molecule has 12 nitrogen and oxygen atoms in total. The van der Waals surface area contributed by atoms with Crippen molar-refractivity contribution in [1.29, 1.82) is 0 Å². The molecule has 3 unspecified atom stereocenters. The Kier molecular flexibility index (Phi) is 6.10. The Balaban J connectivity index is 4.65. The fourth-order valence-electron chi connectivity index (χ4n) is 0.542. The van der Waals surface area contributed by atoms with Gasteiger partial charge in [-0.25, -0.2) is 13.7 Å². The average Bonchev–Trinajstić information content (AvgIpc) is 1.94. The van der Waals surface area contributed by atoms with Crippen LogP contribution in [0.3, 0.4) is 0 Å². The minimum atomic E-state index is -5.53. The number of rotatable bonds is 7. The lowest BCUT2D eigenvalue weighted by Gasteiger charge is -2.18. The van der Waals surface area contributed by atoms with Gasteiger partial charge in [0.15, 0.2) is 0 Å². The first kappa shape index (κ1) is 17.3. The molecule has 104 valence electrons. The normalized spacial score (nSPS) is 21.5. The van der Waals surface area contributed by atoms with Gasteiger partial charge in [-0.1, -0.05) is 0 Å². The smallest absolute Gasteiger partial charge is 0.392 e. The molecule has 0 aliphatic rings. The zero-order valence-electron chi connectivity index (χ0n) is 7.85. The molecule has 7 N–H and O–H groups in total. The SMILES string of the molecule is O=P(O)(O)OP(=O)(O)OP(=O)(O)NC(O)CO. The predicted molar refractivity (Wildman–Crippen MR) is 50.1 cm³/mol. The maximum Gasteiger partial charge on any atom is 0.489 e. The summed E-state index contributed by atoms with van der Waals surface area (Å²) < 4.78 is 38.7. The Morgan fingerprint density at radius 3 is 1.88 bits per heavy atom. The number of nitrogens with one attached hydrogen (secondary N) is 1. The van der Waals surface area contributed by atoms with Crippen LogP contribution < -0.4 is 5.09 Å². The van der Waals surface area contributed by atoms with Crippen molar-refractivity contribution in [3.8, 4) is 0 Å². The van der Waals surface area contributed by atoms with Crippen molar-refractivity contribution in [2.45, 2.75) is 6.23 Å². The first-order valence-electron chi connectivity index (χ1n) is 3.57. The second-order valence-corrected chi connectivity index (χ2v) is 6.99. The predicted octanol–water partition coefficient (Wildman–Crippen LogP) is -1.79. The van der Waals surface area contributed by atoms with E-state index in [1.165, 1.54) is 5.09 Å². The van der Waals surface area contributed by atoms with E-state index in [1.54, 1.807) is 0 Å². The summed E-state index contributed by atoms with van der Waals surface area (Å²) in [5, 5.41) is 18.3. The summed E-state index contributed by atoms with van der Waals surface area (Å²) in [5.74, 6) is 0. The van der Waals surface area contributed by atoms with Crippen molar-refractivity contribution in [2.75, 3.05) is 6.61 Å². The topological polar surface area (TPSA) is 203 Å². The lowest BCUT2D eigenvalue weighted by molar-refractivity contribution is 0.0796. The fraction of sp³-hybridized carbons (Fsp3) is 1.00. The van der Waals surface area contributed by atoms with E-state index in [0.717, 1.165) is 0 Å². The van der Waals surface area contributed by atoms with E-state index in [4.69, 9.17) is 29.8 Å². The summed E-state index contributed by atoms with van der Waals surface area (Å²) in [6.45, 7) is -1.02. The zero-order valence-corrected chi connectivity index (χ0v) is 10.5. The van der Waals surface area contributed by atoms with Crippen molar-refractivity contribution in [3.63, 3.8) is 0 Å². The van der Waals surface area contributed by atoms with Gasteiger partial charge in [-0.05, 0) is 0 Å². The fourth-order valence-corrected chi connectivity index (χ4v) is 3.77. The van der Waals surface area contributed by atoms with E-state index >= 15 is 0 Å². The van der Waals surface area contributed by atoms with E-state index < -0.39 is 36.2 Å². The van der Waals surface area contributed by atoms with Gasteiger partial charge in [0.1, 0.15) is 6.23 Å². The van der Waals surface area contributed by atoms with Crippen LogP contribution >= 0.6 is 23.4 Å². The highest BCUT2D eigenvalue weighted by Crippen LogP contribution is 2.64. The largest absolute Gasteiger partial charge is 0.489 e. The molecule has 0 aromatic heterocycles. The molecular formula is C2H10NO11P3. The van der Waals surface area contributed by atoms with E-state index in [9.17, 15) is 13.7 Å². The van der Waals surface area contributed by atoms with Gasteiger partial charge in [-0.3, -0.25) is 0 Å². The van der Waals surface area contributed by atoms with Crippen molar-refractivity contribution >= 4 is 23.4 Å². The maximum atomic E-state index is 11.0. The van der Waals surface area contributed by atoms with Crippen LogP contribution in [0.5, 0.6) is 0 Å². The second kappa shape index (κ2) is 5.98. The highest BCUT2D eigenvalue weighted by molar-refractivity contribution is 7.67. The van der Waals surface area contributed by atoms with Crippen LogP contribution in [0.1, 0.15) is 0 Å². The highest BCUT2D eigenvalue weighted by atomic mass is 31.3. The molecule has 0 spiro atoms. The Morgan fingerprint density at radius 2 is 1.53 bits per heavy atom. The van der Waals surface area contributed by atoms with E-state index in [1.807, 2.05) is 0 Å². The Hall–Kier alpha value is 0.330. The summed E-state index contributed by atoms with van der Waals surface area (Å²) in [6.07, 6.45) is -1.96. The van der Waals surface area contributed by atoms with Gasteiger partial charge in [0.2, 0.25) is 0 Å². The van der Waals surface area contributed by atoms with Gasteiger partial charge >= 0.3 is 23.4 Å². The molecule has 0 amide bonds. The van der Waals surface area contributed by atoms with Crippen molar-refractivity contribution in [3.05, 3.63) is 0 Å². The molecule has 0 fully saturated rings. The van der Waals surface area contributed by atoms with Crippen LogP contribution in [0.2, 0.25) is 0 Å². The lowest BCUT2D eigenvalue weighted by Crippen LogP contribution is -2.29. The molecule has 0 radical (unpaired) electrons. The van der Waals surface area contributed by atoms with Crippen LogP contribution in [0.15, 0.2) is 0 Å². The molecule has 0 aliphatic carbocycles. The van der Waals surface area contributed by atoms with Gasteiger partial charge in [0.05, 0.1) is 6.61 Å². The number of aliphatic hydroxyl groups is 2. The lowest BCUT2D eigenvalue weighted by atomic mass is 10.7. The first-order chi connectivity index (χ1) is 7.37. The molecule has 0 rings (SSSR count). The Morgan fingerprint density at radius 1 is 1.06 bits per heavy atom. The van der Waals surface area contributed by atoms with Gasteiger partial charge in [0.25, 0.3) is 0 Å². The molecule has 0 saturated carbocycles. The van der Waals surface area contributed by atoms with E-state index in [-0.39, 0.29) is 0 Å². The van der Waals surface area contributed by atoms with Gasteiger partial charge < -0.3 is 29.8 Å². The molecular weight excluding hydrogens is 307 g/mol. The zero-order chi connectivity index (χ0) is 13.9. The molecule has 0 aromatic rings. The van der Waals surface area contributed by atoms with Crippen molar-refractivity contribution in [1.82, 2.24) is 5.09 Å². The highest BCUT2D eigenvalue weighted by Gasteiger charge is 2.40. The Bertz CT molecular complexity index is 386. The summed E-state index contributed by atoms with van der Waals surface area (Å²) in [6, 6.07) is 0. The molecule has 17 heavy (non-hydrogen) atoms. The summed E-state index contributed by atoms with van der Waals surface area (Å²) in [4.78, 5) is 33.9. The monoisotopic (exact) mass is 317 g/mol. The van der Waals surface area contributed by atoms with Crippen LogP contribution in [0.4, 0.5) is 0 Å². The van der Waals surface area contributed by atoms with Gasteiger partial charge in [0, 0.05) is 0 Å². The first-order valence-corrected chi connectivity index (χ1v) is 8.18. The quantitative estimate of drug-likeness (QED) is 0.205. The van der Waals surface area contributed by atoms with Crippen LogP contribution in [-0.4, -0.2) is 42.6 Å². The second-order valence-electron chi connectivity index (χ2n) is 2.47. The third kappa shape index (κ3) is 8.97. The van der Waals surface area contributed by atoms with Gasteiger partial charge in [-0.2, -0.15) is 13.7 Å². The van der Waals surface area contributed by atoms with E-state index in [0.29, 0.717) is 0 Å².